The molecule has 2 rings (SSSR count). The van der Waals surface area contributed by atoms with Crippen molar-refractivity contribution in [2.24, 2.45) is 5.92 Å². The topological polar surface area (TPSA) is 46.2 Å². The van der Waals surface area contributed by atoms with Crippen molar-refractivity contribution < 1.29 is 8.42 Å². The summed E-state index contributed by atoms with van der Waals surface area (Å²) in [4.78, 5) is 0. The molecular formula is C9H17NO2S. The molecule has 76 valence electrons. The lowest BCUT2D eigenvalue weighted by Gasteiger charge is -2.09. The molecule has 3 nitrogen and oxygen atoms in total. The van der Waals surface area contributed by atoms with Crippen molar-refractivity contribution in [1.82, 2.24) is 5.32 Å². The summed E-state index contributed by atoms with van der Waals surface area (Å²) in [6.07, 6.45) is 4.37. The average Bonchev–Trinajstić information content (AvgIpc) is 2.79. The second kappa shape index (κ2) is 3.58. The standard InChI is InChI=1S/C9H17NO2S/c11-13(12)5-1-2-9(13)7-10-6-8-3-4-8/h8-10H,1-7H2. The zero-order chi connectivity index (χ0) is 9.31. The Morgan fingerprint density at radius 2 is 1.92 bits per heavy atom. The van der Waals surface area contributed by atoms with Crippen molar-refractivity contribution in [3.05, 3.63) is 0 Å². The molecule has 0 spiro atoms. The van der Waals surface area contributed by atoms with Gasteiger partial charge in [-0.2, -0.15) is 0 Å². The Bertz CT molecular complexity index is 269. The van der Waals surface area contributed by atoms with Crippen LogP contribution in [0.3, 0.4) is 0 Å². The summed E-state index contributed by atoms with van der Waals surface area (Å²) < 4.78 is 22.8. The first-order chi connectivity index (χ1) is 6.18. The summed E-state index contributed by atoms with van der Waals surface area (Å²) in [6, 6.07) is 0. The van der Waals surface area contributed by atoms with Gasteiger partial charge in [0, 0.05) is 6.54 Å². The van der Waals surface area contributed by atoms with Crippen LogP contribution >= 0.6 is 0 Å². The Labute approximate surface area is 79.8 Å². The van der Waals surface area contributed by atoms with Crippen LogP contribution in [0.2, 0.25) is 0 Å². The molecular weight excluding hydrogens is 186 g/mol. The second-order valence-corrected chi connectivity index (χ2v) is 6.63. The first kappa shape index (κ1) is 9.46. The molecule has 0 bridgehead atoms. The van der Waals surface area contributed by atoms with E-state index in [1.165, 1.54) is 12.8 Å². The van der Waals surface area contributed by atoms with E-state index in [9.17, 15) is 8.42 Å². The molecule has 2 fully saturated rings. The fourth-order valence-electron chi connectivity index (χ4n) is 1.86. The Kier molecular flexibility index (Phi) is 2.60. The van der Waals surface area contributed by atoms with Crippen molar-refractivity contribution in [3.63, 3.8) is 0 Å². The van der Waals surface area contributed by atoms with E-state index in [1.807, 2.05) is 0 Å². The predicted octanol–water partition coefficient (Wildman–Crippen LogP) is 0.563. The van der Waals surface area contributed by atoms with Crippen molar-refractivity contribution >= 4 is 9.84 Å². The van der Waals surface area contributed by atoms with Gasteiger partial charge in [-0.25, -0.2) is 8.42 Å². The van der Waals surface area contributed by atoms with Gasteiger partial charge in [-0.1, -0.05) is 0 Å². The Morgan fingerprint density at radius 1 is 1.15 bits per heavy atom. The molecule has 4 heteroatoms. The minimum Gasteiger partial charge on any atom is -0.315 e. The number of nitrogens with one attached hydrogen (secondary N) is 1. The summed E-state index contributed by atoms with van der Waals surface area (Å²) in [7, 11) is -2.73. The van der Waals surface area contributed by atoms with E-state index in [4.69, 9.17) is 0 Å². The quantitative estimate of drug-likeness (QED) is 0.726. The zero-order valence-electron chi connectivity index (χ0n) is 7.83. The summed E-state index contributed by atoms with van der Waals surface area (Å²) in [6.45, 7) is 1.70. The third kappa shape index (κ3) is 2.44. The molecule has 1 unspecified atom stereocenters. The van der Waals surface area contributed by atoms with Crippen molar-refractivity contribution in [2.75, 3.05) is 18.8 Å². The van der Waals surface area contributed by atoms with Crippen LogP contribution < -0.4 is 5.32 Å². The van der Waals surface area contributed by atoms with Crippen molar-refractivity contribution in [2.45, 2.75) is 30.9 Å². The highest BCUT2D eigenvalue weighted by molar-refractivity contribution is 7.92. The molecule has 1 N–H and O–H groups in total. The van der Waals surface area contributed by atoms with Gasteiger partial charge in [0.05, 0.1) is 11.0 Å². The van der Waals surface area contributed by atoms with Gasteiger partial charge in [0.2, 0.25) is 0 Å². The molecule has 1 saturated heterocycles. The maximum Gasteiger partial charge on any atom is 0.154 e. The van der Waals surface area contributed by atoms with E-state index in [-0.39, 0.29) is 5.25 Å². The molecule has 2 aliphatic rings. The van der Waals surface area contributed by atoms with Gasteiger partial charge in [0.1, 0.15) is 0 Å². The molecule has 0 amide bonds. The Hall–Kier alpha value is -0.0900. The maximum absolute atomic E-state index is 11.4. The Morgan fingerprint density at radius 3 is 2.46 bits per heavy atom. The van der Waals surface area contributed by atoms with Crippen LogP contribution in [0.25, 0.3) is 0 Å². The van der Waals surface area contributed by atoms with Crippen LogP contribution in [0.4, 0.5) is 0 Å². The Balaban J connectivity index is 1.73. The first-order valence-corrected chi connectivity index (χ1v) is 6.82. The van der Waals surface area contributed by atoms with E-state index in [1.54, 1.807) is 0 Å². The SMILES string of the molecule is O=S1(=O)CCCC1CNCC1CC1. The van der Waals surface area contributed by atoms with E-state index in [2.05, 4.69) is 5.32 Å². The van der Waals surface area contributed by atoms with Gasteiger partial charge in [-0.05, 0) is 38.1 Å². The van der Waals surface area contributed by atoms with Crippen LogP contribution in [0.15, 0.2) is 0 Å². The smallest absolute Gasteiger partial charge is 0.154 e. The average molecular weight is 203 g/mol. The van der Waals surface area contributed by atoms with Crippen molar-refractivity contribution in [3.8, 4) is 0 Å². The van der Waals surface area contributed by atoms with Crippen LogP contribution in [-0.2, 0) is 9.84 Å². The van der Waals surface area contributed by atoms with E-state index in [0.29, 0.717) is 12.3 Å². The fraction of sp³-hybridized carbons (Fsp3) is 1.00. The summed E-state index contributed by atoms with van der Waals surface area (Å²) in [5.41, 5.74) is 0. The lowest BCUT2D eigenvalue weighted by Crippen LogP contribution is -2.31. The molecule has 13 heavy (non-hydrogen) atoms. The van der Waals surface area contributed by atoms with Crippen LogP contribution in [0.5, 0.6) is 0 Å². The number of hydrogen-bond donors (Lipinski definition) is 1. The molecule has 1 aliphatic carbocycles. The van der Waals surface area contributed by atoms with Crippen LogP contribution in [0.1, 0.15) is 25.7 Å². The molecule has 0 aromatic rings. The van der Waals surface area contributed by atoms with E-state index < -0.39 is 9.84 Å². The largest absolute Gasteiger partial charge is 0.315 e. The lowest BCUT2D eigenvalue weighted by atomic mass is 10.2. The second-order valence-electron chi connectivity index (χ2n) is 4.23. The number of hydrogen-bond acceptors (Lipinski definition) is 3. The molecule has 1 saturated carbocycles. The van der Waals surface area contributed by atoms with Crippen LogP contribution in [-0.4, -0.2) is 32.5 Å². The zero-order valence-corrected chi connectivity index (χ0v) is 8.65. The van der Waals surface area contributed by atoms with Crippen LogP contribution in [0, 0.1) is 5.92 Å². The van der Waals surface area contributed by atoms with Gasteiger partial charge in [-0.3, -0.25) is 0 Å². The first-order valence-electron chi connectivity index (χ1n) is 5.11. The number of sulfone groups is 1. The van der Waals surface area contributed by atoms with Gasteiger partial charge in [-0.15, -0.1) is 0 Å². The molecule has 0 radical (unpaired) electrons. The van der Waals surface area contributed by atoms with Crippen molar-refractivity contribution in [1.29, 1.82) is 0 Å². The highest BCUT2D eigenvalue weighted by Gasteiger charge is 2.31. The normalized spacial score (nSPS) is 32.2. The predicted molar refractivity (Wildman–Crippen MR) is 52.4 cm³/mol. The third-order valence-corrected chi connectivity index (χ3v) is 5.24. The lowest BCUT2D eigenvalue weighted by molar-refractivity contribution is 0.566. The molecule has 0 aromatic heterocycles. The summed E-state index contributed by atoms with van der Waals surface area (Å²) >= 11 is 0. The third-order valence-electron chi connectivity index (χ3n) is 2.96. The van der Waals surface area contributed by atoms with Gasteiger partial charge >= 0.3 is 0 Å². The van der Waals surface area contributed by atoms with Gasteiger partial charge in [0.15, 0.2) is 9.84 Å². The minimum absolute atomic E-state index is 0.0914. The highest BCUT2D eigenvalue weighted by atomic mass is 32.2. The number of rotatable bonds is 4. The van der Waals surface area contributed by atoms with Gasteiger partial charge in [0.25, 0.3) is 0 Å². The monoisotopic (exact) mass is 203 g/mol. The summed E-state index contributed by atoms with van der Waals surface area (Å²) in [5.74, 6) is 1.24. The highest BCUT2D eigenvalue weighted by Crippen LogP contribution is 2.27. The molecule has 1 heterocycles. The molecule has 0 aromatic carbocycles. The molecule has 1 atom stereocenters. The van der Waals surface area contributed by atoms with E-state index in [0.717, 1.165) is 25.3 Å². The maximum atomic E-state index is 11.4. The summed E-state index contributed by atoms with van der Waals surface area (Å²) in [5, 5.41) is 3.17. The molecule has 1 aliphatic heterocycles. The van der Waals surface area contributed by atoms with E-state index >= 15 is 0 Å². The fourth-order valence-corrected chi connectivity index (χ4v) is 3.66. The minimum atomic E-state index is -2.73. The van der Waals surface area contributed by atoms with Gasteiger partial charge < -0.3 is 5.32 Å².